The maximum absolute atomic E-state index is 9.07. The minimum absolute atomic E-state index is 0.0230. The quantitative estimate of drug-likeness (QED) is 0.872. The van der Waals surface area contributed by atoms with Crippen molar-refractivity contribution >= 4 is 28.1 Å². The predicted molar refractivity (Wildman–Crippen MR) is 63.7 cm³/mol. The van der Waals surface area contributed by atoms with Crippen LogP contribution in [-0.4, -0.2) is 22.2 Å². The Kier molecular flexibility index (Phi) is 2.92. The molecule has 0 radical (unpaired) electrons. The molecule has 3 nitrogen and oxygen atoms in total. The van der Waals surface area contributed by atoms with Gasteiger partial charge in [-0.3, -0.25) is 0 Å². The smallest absolute Gasteiger partial charge is 0.187 e. The Morgan fingerprint density at radius 2 is 2.33 bits per heavy atom. The van der Waals surface area contributed by atoms with Gasteiger partial charge in [0.15, 0.2) is 5.13 Å². The van der Waals surface area contributed by atoms with Crippen LogP contribution in [0.4, 0.5) is 5.13 Å². The van der Waals surface area contributed by atoms with Gasteiger partial charge in [-0.2, -0.15) is 0 Å². The third-order valence-corrected chi connectivity index (χ3v) is 4.40. The molecule has 2 heterocycles. The van der Waals surface area contributed by atoms with Crippen molar-refractivity contribution in [2.24, 2.45) is 0 Å². The van der Waals surface area contributed by atoms with E-state index >= 15 is 0 Å². The van der Waals surface area contributed by atoms with Crippen molar-refractivity contribution in [3.05, 3.63) is 10.0 Å². The molecule has 1 aromatic rings. The standard InChI is InChI=1S/C10H15ClN2OS/c1-10(2)4-3-5-13(10)9-12-8(11)7(6-14)15-9/h14H,3-6H2,1-2H3. The van der Waals surface area contributed by atoms with Crippen molar-refractivity contribution in [2.45, 2.75) is 38.8 Å². The Hall–Kier alpha value is -0.320. The number of hydrogen-bond donors (Lipinski definition) is 1. The fourth-order valence-electron chi connectivity index (χ4n) is 2.00. The molecule has 1 saturated heterocycles. The van der Waals surface area contributed by atoms with Crippen LogP contribution in [0.15, 0.2) is 0 Å². The van der Waals surface area contributed by atoms with Crippen LogP contribution in [0.3, 0.4) is 0 Å². The molecule has 0 atom stereocenters. The monoisotopic (exact) mass is 246 g/mol. The molecule has 1 fully saturated rings. The van der Waals surface area contributed by atoms with Crippen LogP contribution in [-0.2, 0) is 6.61 Å². The molecule has 1 aromatic heterocycles. The summed E-state index contributed by atoms with van der Waals surface area (Å²) in [5.41, 5.74) is 0.161. The molecule has 2 rings (SSSR count). The number of anilines is 1. The van der Waals surface area contributed by atoms with E-state index in [1.54, 1.807) is 0 Å². The first kappa shape index (κ1) is 11.2. The van der Waals surface area contributed by atoms with Crippen LogP contribution in [0.1, 0.15) is 31.6 Å². The SMILES string of the molecule is CC1(C)CCCN1c1nc(Cl)c(CO)s1. The highest BCUT2D eigenvalue weighted by Gasteiger charge is 2.34. The van der Waals surface area contributed by atoms with Gasteiger partial charge >= 0.3 is 0 Å². The van der Waals surface area contributed by atoms with E-state index in [0.29, 0.717) is 5.15 Å². The molecular weight excluding hydrogens is 232 g/mol. The number of thiazole rings is 1. The average molecular weight is 247 g/mol. The lowest BCUT2D eigenvalue weighted by molar-refractivity contribution is 0.285. The van der Waals surface area contributed by atoms with E-state index in [-0.39, 0.29) is 12.1 Å². The second-order valence-electron chi connectivity index (χ2n) is 4.44. The zero-order chi connectivity index (χ0) is 11.1. The van der Waals surface area contributed by atoms with Gasteiger partial charge in [-0.1, -0.05) is 22.9 Å². The van der Waals surface area contributed by atoms with Crippen molar-refractivity contribution in [1.29, 1.82) is 0 Å². The van der Waals surface area contributed by atoms with Gasteiger partial charge in [0.2, 0.25) is 0 Å². The molecule has 1 aliphatic rings. The summed E-state index contributed by atoms with van der Waals surface area (Å²) in [5, 5.41) is 10.5. The molecule has 0 saturated carbocycles. The third-order valence-electron chi connectivity index (χ3n) is 2.91. The number of hydrogen-bond acceptors (Lipinski definition) is 4. The first-order valence-electron chi connectivity index (χ1n) is 5.08. The van der Waals surface area contributed by atoms with Crippen LogP contribution < -0.4 is 4.90 Å². The molecule has 1 N–H and O–H groups in total. The molecule has 0 unspecified atom stereocenters. The van der Waals surface area contributed by atoms with Gasteiger partial charge in [0.25, 0.3) is 0 Å². The highest BCUT2D eigenvalue weighted by molar-refractivity contribution is 7.16. The van der Waals surface area contributed by atoms with Crippen LogP contribution in [0.25, 0.3) is 0 Å². The van der Waals surface area contributed by atoms with Crippen LogP contribution in [0.2, 0.25) is 5.15 Å². The highest BCUT2D eigenvalue weighted by Crippen LogP contribution is 2.38. The first-order valence-corrected chi connectivity index (χ1v) is 6.28. The van der Waals surface area contributed by atoms with E-state index in [1.165, 1.54) is 24.2 Å². The van der Waals surface area contributed by atoms with Gasteiger partial charge in [-0.25, -0.2) is 4.98 Å². The van der Waals surface area contributed by atoms with Crippen LogP contribution in [0, 0.1) is 0 Å². The Morgan fingerprint density at radius 1 is 1.60 bits per heavy atom. The normalized spacial score (nSPS) is 19.9. The number of aliphatic hydroxyl groups excluding tert-OH is 1. The van der Waals surface area contributed by atoms with Gasteiger partial charge in [0.1, 0.15) is 5.15 Å². The summed E-state index contributed by atoms with van der Waals surface area (Å²) in [6.07, 6.45) is 2.37. The fraction of sp³-hybridized carbons (Fsp3) is 0.700. The number of nitrogens with zero attached hydrogens (tertiary/aromatic N) is 2. The Balaban J connectivity index is 2.29. The maximum atomic E-state index is 9.07. The summed E-state index contributed by atoms with van der Waals surface area (Å²) in [7, 11) is 0. The summed E-state index contributed by atoms with van der Waals surface area (Å²) < 4.78 is 0. The minimum Gasteiger partial charge on any atom is -0.391 e. The van der Waals surface area contributed by atoms with Crippen molar-refractivity contribution in [3.8, 4) is 0 Å². The lowest BCUT2D eigenvalue weighted by Crippen LogP contribution is -2.37. The molecule has 0 aliphatic carbocycles. The van der Waals surface area contributed by atoms with Crippen molar-refractivity contribution in [1.82, 2.24) is 4.98 Å². The van der Waals surface area contributed by atoms with Gasteiger partial charge in [-0.05, 0) is 26.7 Å². The van der Waals surface area contributed by atoms with E-state index in [2.05, 4.69) is 23.7 Å². The Bertz CT molecular complexity index is 364. The van der Waals surface area contributed by atoms with Gasteiger partial charge in [0.05, 0.1) is 11.5 Å². The van der Waals surface area contributed by atoms with E-state index in [1.807, 2.05) is 0 Å². The molecule has 5 heteroatoms. The minimum atomic E-state index is -0.0230. The lowest BCUT2D eigenvalue weighted by Gasteiger charge is -2.31. The molecule has 0 bridgehead atoms. The van der Waals surface area contributed by atoms with E-state index in [0.717, 1.165) is 16.6 Å². The zero-order valence-corrected chi connectivity index (χ0v) is 10.5. The lowest BCUT2D eigenvalue weighted by atomic mass is 10.0. The maximum Gasteiger partial charge on any atom is 0.187 e. The number of rotatable bonds is 2. The van der Waals surface area contributed by atoms with E-state index in [9.17, 15) is 0 Å². The molecular formula is C10H15ClN2OS. The van der Waals surface area contributed by atoms with Gasteiger partial charge in [-0.15, -0.1) is 0 Å². The van der Waals surface area contributed by atoms with E-state index in [4.69, 9.17) is 16.7 Å². The molecule has 0 spiro atoms. The summed E-state index contributed by atoms with van der Waals surface area (Å²) >= 11 is 7.42. The first-order chi connectivity index (χ1) is 7.04. The second-order valence-corrected chi connectivity index (χ2v) is 5.86. The Labute approximate surface area is 98.7 Å². The number of halogens is 1. The summed E-state index contributed by atoms with van der Waals surface area (Å²) in [5.74, 6) is 0. The molecule has 0 amide bonds. The van der Waals surface area contributed by atoms with Crippen LogP contribution >= 0.6 is 22.9 Å². The topological polar surface area (TPSA) is 36.4 Å². The second kappa shape index (κ2) is 3.92. The molecule has 15 heavy (non-hydrogen) atoms. The van der Waals surface area contributed by atoms with Crippen LogP contribution in [0.5, 0.6) is 0 Å². The Morgan fingerprint density at radius 3 is 2.80 bits per heavy atom. The summed E-state index contributed by atoms with van der Waals surface area (Å²) in [6, 6.07) is 0. The largest absolute Gasteiger partial charge is 0.391 e. The molecule has 1 aliphatic heterocycles. The highest BCUT2D eigenvalue weighted by atomic mass is 35.5. The molecule has 0 aromatic carbocycles. The predicted octanol–water partition coefficient (Wildman–Crippen LogP) is 2.67. The third kappa shape index (κ3) is 1.98. The van der Waals surface area contributed by atoms with Crippen molar-refractivity contribution in [2.75, 3.05) is 11.4 Å². The van der Waals surface area contributed by atoms with Crippen molar-refractivity contribution < 1.29 is 5.11 Å². The van der Waals surface area contributed by atoms with Crippen molar-refractivity contribution in [3.63, 3.8) is 0 Å². The molecule has 84 valence electrons. The average Bonchev–Trinajstić information content (AvgIpc) is 2.68. The number of aromatic nitrogens is 1. The zero-order valence-electron chi connectivity index (χ0n) is 8.96. The van der Waals surface area contributed by atoms with Gasteiger partial charge in [0, 0.05) is 12.1 Å². The fourth-order valence-corrected chi connectivity index (χ4v) is 3.30. The summed E-state index contributed by atoms with van der Waals surface area (Å²) in [6.45, 7) is 5.44. The summed E-state index contributed by atoms with van der Waals surface area (Å²) in [4.78, 5) is 7.35. The number of aliphatic hydroxyl groups is 1. The van der Waals surface area contributed by atoms with Gasteiger partial charge < -0.3 is 10.0 Å². The van der Waals surface area contributed by atoms with E-state index < -0.39 is 0 Å².